The van der Waals surface area contributed by atoms with E-state index in [0.29, 0.717) is 17.4 Å². The Bertz CT molecular complexity index is 784. The molecule has 0 bridgehead atoms. The number of nitrogens with zero attached hydrogens (tertiary/aromatic N) is 3. The molecule has 2 aromatic heterocycles. The van der Waals surface area contributed by atoms with E-state index in [1.807, 2.05) is 44.2 Å². The number of hydrogen-bond donors (Lipinski definition) is 1. The van der Waals surface area contributed by atoms with Crippen LogP contribution < -0.4 is 10.1 Å². The van der Waals surface area contributed by atoms with Crippen LogP contribution >= 0.6 is 11.6 Å². The first kappa shape index (κ1) is 13.7. The van der Waals surface area contributed by atoms with Crippen molar-refractivity contribution in [3.63, 3.8) is 0 Å². The van der Waals surface area contributed by atoms with E-state index in [-0.39, 0.29) is 0 Å². The Hall–Kier alpha value is -2.27. The van der Waals surface area contributed by atoms with E-state index >= 15 is 0 Å². The molecule has 0 aliphatic carbocycles. The quantitative estimate of drug-likeness (QED) is 0.744. The molecule has 0 saturated heterocycles. The van der Waals surface area contributed by atoms with Crippen LogP contribution in [-0.2, 0) is 0 Å². The van der Waals surface area contributed by atoms with Gasteiger partial charge in [-0.2, -0.15) is 9.61 Å². The van der Waals surface area contributed by atoms with Gasteiger partial charge in [0.2, 0.25) is 0 Å². The van der Waals surface area contributed by atoms with E-state index in [1.165, 1.54) is 0 Å². The lowest BCUT2D eigenvalue weighted by Crippen LogP contribution is -2.04. The topological polar surface area (TPSA) is 51.5 Å². The average molecular weight is 303 g/mol. The van der Waals surface area contributed by atoms with Crippen LogP contribution in [0.15, 0.2) is 36.5 Å². The zero-order chi connectivity index (χ0) is 14.8. The summed E-state index contributed by atoms with van der Waals surface area (Å²) < 4.78 is 7.24. The Morgan fingerprint density at radius 2 is 2.19 bits per heavy atom. The molecule has 0 radical (unpaired) electrons. The molecule has 21 heavy (non-hydrogen) atoms. The summed E-state index contributed by atoms with van der Waals surface area (Å²) in [5, 5.41) is 8.08. The van der Waals surface area contributed by atoms with E-state index in [1.54, 1.807) is 10.7 Å². The van der Waals surface area contributed by atoms with Crippen LogP contribution in [0.4, 0.5) is 11.5 Å². The predicted molar refractivity (Wildman–Crippen MR) is 83.6 cm³/mol. The van der Waals surface area contributed by atoms with Gasteiger partial charge in [0.25, 0.3) is 0 Å². The maximum absolute atomic E-state index is 6.18. The van der Waals surface area contributed by atoms with Gasteiger partial charge in [0.1, 0.15) is 16.7 Å². The molecular formula is C15H15ClN4O. The van der Waals surface area contributed by atoms with Gasteiger partial charge >= 0.3 is 0 Å². The van der Waals surface area contributed by atoms with Crippen LogP contribution in [0.5, 0.6) is 5.75 Å². The molecule has 108 valence electrons. The summed E-state index contributed by atoms with van der Waals surface area (Å²) in [6.07, 6.45) is 1.69. The number of halogens is 1. The van der Waals surface area contributed by atoms with Gasteiger partial charge in [0.05, 0.1) is 12.8 Å². The van der Waals surface area contributed by atoms with Crippen LogP contribution in [0, 0.1) is 6.92 Å². The highest BCUT2D eigenvalue weighted by Gasteiger charge is 2.11. The van der Waals surface area contributed by atoms with Crippen molar-refractivity contribution in [3.05, 3.63) is 47.2 Å². The summed E-state index contributed by atoms with van der Waals surface area (Å²) in [6.45, 7) is 4.50. The fraction of sp³-hybridized carbons (Fsp3) is 0.200. The lowest BCUT2D eigenvalue weighted by molar-refractivity contribution is 0.340. The first-order valence-electron chi connectivity index (χ1n) is 6.68. The summed E-state index contributed by atoms with van der Waals surface area (Å²) >= 11 is 6.18. The van der Waals surface area contributed by atoms with Gasteiger partial charge in [-0.05, 0) is 26.0 Å². The smallest absolute Gasteiger partial charge is 0.159 e. The van der Waals surface area contributed by atoms with Crippen molar-refractivity contribution in [2.45, 2.75) is 13.8 Å². The monoisotopic (exact) mass is 302 g/mol. The summed E-state index contributed by atoms with van der Waals surface area (Å²) in [7, 11) is 0. The van der Waals surface area contributed by atoms with Crippen molar-refractivity contribution in [1.29, 1.82) is 0 Å². The maximum Gasteiger partial charge on any atom is 0.159 e. The van der Waals surface area contributed by atoms with Gasteiger partial charge in [-0.3, -0.25) is 0 Å². The molecule has 0 saturated carbocycles. The second-order valence-electron chi connectivity index (χ2n) is 4.56. The van der Waals surface area contributed by atoms with Gasteiger partial charge in [-0.1, -0.05) is 17.7 Å². The van der Waals surface area contributed by atoms with Crippen LogP contribution in [0.1, 0.15) is 12.5 Å². The first-order valence-corrected chi connectivity index (χ1v) is 7.06. The minimum atomic E-state index is 0.464. The number of rotatable bonds is 4. The lowest BCUT2D eigenvalue weighted by atomic mass is 10.2. The van der Waals surface area contributed by atoms with E-state index < -0.39 is 0 Å². The van der Waals surface area contributed by atoms with Crippen LogP contribution in [-0.4, -0.2) is 21.2 Å². The van der Waals surface area contributed by atoms with E-state index in [4.69, 9.17) is 16.3 Å². The summed E-state index contributed by atoms with van der Waals surface area (Å²) in [6, 6.07) is 9.57. The van der Waals surface area contributed by atoms with Crippen LogP contribution in [0.3, 0.4) is 0 Å². The molecule has 0 spiro atoms. The molecule has 1 N–H and O–H groups in total. The van der Waals surface area contributed by atoms with Crippen molar-refractivity contribution in [1.82, 2.24) is 14.6 Å². The number of nitrogens with one attached hydrogen (secondary N) is 1. The Morgan fingerprint density at radius 3 is 3.00 bits per heavy atom. The lowest BCUT2D eigenvalue weighted by Gasteiger charge is -2.13. The summed E-state index contributed by atoms with van der Waals surface area (Å²) in [5.41, 5.74) is 2.45. The van der Waals surface area contributed by atoms with Gasteiger partial charge < -0.3 is 10.1 Å². The van der Waals surface area contributed by atoms with E-state index in [2.05, 4.69) is 15.4 Å². The van der Waals surface area contributed by atoms with E-state index in [0.717, 1.165) is 22.8 Å². The summed E-state index contributed by atoms with van der Waals surface area (Å²) in [5.74, 6) is 1.61. The molecule has 3 rings (SSSR count). The fourth-order valence-corrected chi connectivity index (χ4v) is 2.28. The van der Waals surface area contributed by atoms with Crippen molar-refractivity contribution < 1.29 is 4.74 Å². The number of hydrogen-bond acceptors (Lipinski definition) is 4. The number of anilines is 2. The molecule has 1 aromatic carbocycles. The predicted octanol–water partition coefficient (Wildman–Crippen LogP) is 3.83. The standard InChI is InChI=1S/C15H15ClN4O/c1-3-21-12-6-4-5-11(9-12)18-15-10(2)14(16)19-13-7-8-17-20(13)15/h4-9,18H,3H2,1-2H3. The Labute approximate surface area is 127 Å². The van der Waals surface area contributed by atoms with Gasteiger partial charge in [-0.25, -0.2) is 4.98 Å². The molecule has 6 heteroatoms. The van der Waals surface area contributed by atoms with Crippen LogP contribution in [0.25, 0.3) is 5.65 Å². The van der Waals surface area contributed by atoms with Crippen molar-refractivity contribution in [2.75, 3.05) is 11.9 Å². The molecule has 0 amide bonds. The third-order valence-electron chi connectivity index (χ3n) is 3.12. The zero-order valence-electron chi connectivity index (χ0n) is 11.8. The minimum absolute atomic E-state index is 0.464. The molecule has 0 aliphatic rings. The molecule has 0 atom stereocenters. The second kappa shape index (κ2) is 5.61. The molecular weight excluding hydrogens is 288 g/mol. The minimum Gasteiger partial charge on any atom is -0.494 e. The van der Waals surface area contributed by atoms with Crippen LogP contribution in [0.2, 0.25) is 5.15 Å². The number of benzene rings is 1. The third-order valence-corrected chi connectivity index (χ3v) is 3.49. The summed E-state index contributed by atoms with van der Waals surface area (Å²) in [4.78, 5) is 4.29. The average Bonchev–Trinajstić information content (AvgIpc) is 2.92. The molecule has 0 fully saturated rings. The highest BCUT2D eigenvalue weighted by Crippen LogP contribution is 2.27. The van der Waals surface area contributed by atoms with Gasteiger partial charge in [-0.15, -0.1) is 0 Å². The largest absolute Gasteiger partial charge is 0.494 e. The maximum atomic E-state index is 6.18. The molecule has 5 nitrogen and oxygen atoms in total. The number of fused-ring (bicyclic) bond motifs is 1. The first-order chi connectivity index (χ1) is 10.2. The van der Waals surface area contributed by atoms with E-state index in [9.17, 15) is 0 Å². The highest BCUT2D eigenvalue weighted by molar-refractivity contribution is 6.30. The van der Waals surface area contributed by atoms with Crippen molar-refractivity contribution in [3.8, 4) is 5.75 Å². The fourth-order valence-electron chi connectivity index (χ4n) is 2.11. The molecule has 2 heterocycles. The highest BCUT2D eigenvalue weighted by atomic mass is 35.5. The van der Waals surface area contributed by atoms with Crippen molar-refractivity contribution in [2.24, 2.45) is 0 Å². The van der Waals surface area contributed by atoms with Gasteiger partial charge in [0.15, 0.2) is 5.65 Å². The number of ether oxygens (including phenoxy) is 1. The molecule has 0 aliphatic heterocycles. The Morgan fingerprint density at radius 1 is 1.33 bits per heavy atom. The number of aromatic nitrogens is 3. The SMILES string of the molecule is CCOc1cccc(Nc2c(C)c(Cl)nc3ccnn23)c1. The zero-order valence-corrected chi connectivity index (χ0v) is 12.6. The Balaban J connectivity index is 2.03. The third kappa shape index (κ3) is 2.64. The Kier molecular flexibility index (Phi) is 3.66. The normalized spacial score (nSPS) is 10.8. The van der Waals surface area contributed by atoms with Crippen molar-refractivity contribution >= 4 is 28.8 Å². The van der Waals surface area contributed by atoms with Gasteiger partial charge in [0, 0.05) is 23.4 Å². The molecule has 0 unspecified atom stereocenters. The molecule has 3 aromatic rings. The second-order valence-corrected chi connectivity index (χ2v) is 4.92.